The largest absolute Gasteiger partial charge is 0.309 e. The summed E-state index contributed by atoms with van der Waals surface area (Å²) in [6.07, 6.45) is 2.73. The van der Waals surface area contributed by atoms with Crippen molar-refractivity contribution in [1.82, 2.24) is 10.2 Å². The van der Waals surface area contributed by atoms with E-state index in [0.717, 1.165) is 6.54 Å². The molecular formula is C19H26N2. The molecule has 0 bridgehead atoms. The summed E-state index contributed by atoms with van der Waals surface area (Å²) < 4.78 is 0. The lowest BCUT2D eigenvalue weighted by Crippen LogP contribution is -2.39. The number of nitrogens with zero attached hydrogens (tertiary/aromatic N) is 1. The molecule has 0 saturated carbocycles. The van der Waals surface area contributed by atoms with Crippen LogP contribution in [0.3, 0.4) is 0 Å². The Morgan fingerprint density at radius 1 is 1.00 bits per heavy atom. The number of hydrogen-bond acceptors (Lipinski definition) is 2. The third kappa shape index (κ3) is 3.45. The van der Waals surface area contributed by atoms with E-state index in [9.17, 15) is 0 Å². The van der Waals surface area contributed by atoms with E-state index >= 15 is 0 Å². The van der Waals surface area contributed by atoms with Crippen LogP contribution in [0.1, 0.15) is 38.3 Å². The molecular weight excluding hydrogens is 256 g/mol. The molecule has 0 aliphatic carbocycles. The van der Waals surface area contributed by atoms with Crippen LogP contribution in [0.15, 0.2) is 42.5 Å². The van der Waals surface area contributed by atoms with Gasteiger partial charge in [-0.15, -0.1) is 0 Å². The van der Waals surface area contributed by atoms with E-state index < -0.39 is 0 Å². The molecule has 2 unspecified atom stereocenters. The normalized spacial score (nSPS) is 19.0. The summed E-state index contributed by atoms with van der Waals surface area (Å²) in [5.74, 6) is 0. The number of fused-ring (bicyclic) bond motifs is 1. The minimum atomic E-state index is 0.402. The van der Waals surface area contributed by atoms with Gasteiger partial charge in [0.1, 0.15) is 0 Å². The monoisotopic (exact) mass is 282 g/mol. The van der Waals surface area contributed by atoms with Crippen molar-refractivity contribution >= 4 is 10.8 Å². The van der Waals surface area contributed by atoms with Gasteiger partial charge < -0.3 is 5.32 Å². The topological polar surface area (TPSA) is 15.3 Å². The SMILES string of the molecule is CC(NCC(C)N1CCCC1)c1ccc2ccccc2c1. The third-order valence-corrected chi connectivity index (χ3v) is 4.76. The van der Waals surface area contributed by atoms with Gasteiger partial charge in [-0.2, -0.15) is 0 Å². The average molecular weight is 282 g/mol. The van der Waals surface area contributed by atoms with E-state index in [4.69, 9.17) is 0 Å². The third-order valence-electron chi connectivity index (χ3n) is 4.76. The molecule has 1 heterocycles. The standard InChI is InChI=1S/C19H26N2/c1-15(21-11-5-6-12-21)14-20-16(2)18-10-9-17-7-3-4-8-19(17)13-18/h3-4,7-10,13,15-16,20H,5-6,11-12,14H2,1-2H3. The smallest absolute Gasteiger partial charge is 0.0292 e. The summed E-state index contributed by atoms with van der Waals surface area (Å²) in [5, 5.41) is 6.35. The summed E-state index contributed by atoms with van der Waals surface area (Å²) in [6.45, 7) is 8.21. The van der Waals surface area contributed by atoms with Crippen molar-refractivity contribution < 1.29 is 0 Å². The maximum Gasteiger partial charge on any atom is 0.0292 e. The van der Waals surface area contributed by atoms with Gasteiger partial charge in [0.15, 0.2) is 0 Å². The highest BCUT2D eigenvalue weighted by Crippen LogP contribution is 2.20. The highest BCUT2D eigenvalue weighted by atomic mass is 15.2. The van der Waals surface area contributed by atoms with Crippen molar-refractivity contribution in [1.29, 1.82) is 0 Å². The predicted molar refractivity (Wildman–Crippen MR) is 90.6 cm³/mol. The van der Waals surface area contributed by atoms with E-state index in [0.29, 0.717) is 12.1 Å². The summed E-state index contributed by atoms with van der Waals surface area (Å²) in [6, 6.07) is 16.4. The summed E-state index contributed by atoms with van der Waals surface area (Å²) in [5.41, 5.74) is 1.38. The van der Waals surface area contributed by atoms with Crippen LogP contribution >= 0.6 is 0 Å². The Morgan fingerprint density at radius 3 is 2.48 bits per heavy atom. The van der Waals surface area contributed by atoms with Crippen LogP contribution in [0.4, 0.5) is 0 Å². The van der Waals surface area contributed by atoms with Crippen molar-refractivity contribution in [2.45, 2.75) is 38.8 Å². The van der Waals surface area contributed by atoms with Gasteiger partial charge in [-0.1, -0.05) is 36.4 Å². The van der Waals surface area contributed by atoms with Crippen molar-refractivity contribution in [3.63, 3.8) is 0 Å². The van der Waals surface area contributed by atoms with Crippen LogP contribution in [0.25, 0.3) is 10.8 Å². The molecule has 112 valence electrons. The Labute approximate surface area is 128 Å². The fraction of sp³-hybridized carbons (Fsp3) is 0.474. The molecule has 1 N–H and O–H groups in total. The second-order valence-corrected chi connectivity index (χ2v) is 6.33. The fourth-order valence-electron chi connectivity index (χ4n) is 3.25. The number of hydrogen-bond donors (Lipinski definition) is 1. The highest BCUT2D eigenvalue weighted by Gasteiger charge is 2.18. The first-order chi connectivity index (χ1) is 10.2. The van der Waals surface area contributed by atoms with Crippen molar-refractivity contribution in [3.05, 3.63) is 48.0 Å². The Hall–Kier alpha value is -1.38. The second-order valence-electron chi connectivity index (χ2n) is 6.33. The first-order valence-corrected chi connectivity index (χ1v) is 8.20. The Kier molecular flexibility index (Phi) is 4.57. The predicted octanol–water partition coefficient (Wildman–Crippen LogP) is 3.97. The van der Waals surface area contributed by atoms with E-state index in [-0.39, 0.29) is 0 Å². The van der Waals surface area contributed by atoms with Gasteiger partial charge >= 0.3 is 0 Å². The van der Waals surface area contributed by atoms with Crippen LogP contribution in [-0.4, -0.2) is 30.6 Å². The second kappa shape index (κ2) is 6.59. The molecule has 2 aromatic carbocycles. The molecule has 0 spiro atoms. The molecule has 0 aromatic heterocycles. The van der Waals surface area contributed by atoms with Crippen molar-refractivity contribution in [2.24, 2.45) is 0 Å². The van der Waals surface area contributed by atoms with Gasteiger partial charge in [-0.3, -0.25) is 4.90 Å². The van der Waals surface area contributed by atoms with Crippen LogP contribution in [0.5, 0.6) is 0 Å². The molecule has 1 aliphatic rings. The maximum absolute atomic E-state index is 3.70. The quantitative estimate of drug-likeness (QED) is 0.892. The van der Waals surface area contributed by atoms with Gasteiger partial charge in [-0.25, -0.2) is 0 Å². The lowest BCUT2D eigenvalue weighted by Gasteiger charge is -2.26. The lowest BCUT2D eigenvalue weighted by molar-refractivity contribution is 0.247. The molecule has 2 atom stereocenters. The first kappa shape index (κ1) is 14.6. The van der Waals surface area contributed by atoms with E-state index in [2.05, 4.69) is 66.5 Å². The van der Waals surface area contributed by atoms with Gasteiger partial charge in [0, 0.05) is 18.6 Å². The zero-order valence-corrected chi connectivity index (χ0v) is 13.2. The molecule has 0 amide bonds. The fourth-order valence-corrected chi connectivity index (χ4v) is 3.25. The van der Waals surface area contributed by atoms with Crippen LogP contribution in [0.2, 0.25) is 0 Å². The minimum Gasteiger partial charge on any atom is -0.309 e. The van der Waals surface area contributed by atoms with Gasteiger partial charge in [-0.05, 0) is 62.2 Å². The van der Waals surface area contributed by atoms with E-state index in [1.165, 1.54) is 42.3 Å². The summed E-state index contributed by atoms with van der Waals surface area (Å²) in [7, 11) is 0. The van der Waals surface area contributed by atoms with Gasteiger partial charge in [0.25, 0.3) is 0 Å². The lowest BCUT2D eigenvalue weighted by atomic mass is 10.0. The Bertz CT molecular complexity index is 587. The van der Waals surface area contributed by atoms with Gasteiger partial charge in [0.05, 0.1) is 0 Å². The van der Waals surface area contributed by atoms with E-state index in [1.807, 2.05) is 0 Å². The number of likely N-dealkylation sites (tertiary alicyclic amines) is 1. The van der Waals surface area contributed by atoms with Crippen LogP contribution in [-0.2, 0) is 0 Å². The maximum atomic E-state index is 3.70. The number of benzene rings is 2. The summed E-state index contributed by atoms with van der Waals surface area (Å²) >= 11 is 0. The first-order valence-electron chi connectivity index (χ1n) is 8.20. The van der Waals surface area contributed by atoms with Crippen LogP contribution < -0.4 is 5.32 Å². The Morgan fingerprint density at radius 2 is 1.71 bits per heavy atom. The number of nitrogens with one attached hydrogen (secondary N) is 1. The molecule has 2 nitrogen and oxygen atoms in total. The zero-order chi connectivity index (χ0) is 14.7. The molecule has 1 fully saturated rings. The van der Waals surface area contributed by atoms with Crippen molar-refractivity contribution in [3.8, 4) is 0 Å². The minimum absolute atomic E-state index is 0.402. The number of rotatable bonds is 5. The Balaban J connectivity index is 1.62. The highest BCUT2D eigenvalue weighted by molar-refractivity contribution is 5.83. The van der Waals surface area contributed by atoms with Crippen molar-refractivity contribution in [2.75, 3.05) is 19.6 Å². The molecule has 1 aliphatic heterocycles. The van der Waals surface area contributed by atoms with E-state index in [1.54, 1.807) is 0 Å². The summed E-state index contributed by atoms with van der Waals surface area (Å²) in [4.78, 5) is 2.60. The molecule has 2 heteroatoms. The van der Waals surface area contributed by atoms with Crippen LogP contribution in [0, 0.1) is 0 Å². The molecule has 2 aromatic rings. The molecule has 1 saturated heterocycles. The zero-order valence-electron chi connectivity index (χ0n) is 13.2. The molecule has 21 heavy (non-hydrogen) atoms. The molecule has 3 rings (SSSR count). The van der Waals surface area contributed by atoms with Gasteiger partial charge in [0.2, 0.25) is 0 Å². The molecule has 0 radical (unpaired) electrons. The average Bonchev–Trinajstić information content (AvgIpc) is 3.06.